The van der Waals surface area contributed by atoms with Gasteiger partial charge in [0.25, 0.3) is 0 Å². The number of hydrogen-bond acceptors (Lipinski definition) is 5. The van der Waals surface area contributed by atoms with Gasteiger partial charge in [0.1, 0.15) is 17.9 Å². The molecule has 1 rings (SSSR count). The standard InChI is InChI=1S/C10H11NO4/c1-14-8-4-3-5-11-10(8)7(12)6-9(13)15-2/h3-5H,6H2,1-2H3. The van der Waals surface area contributed by atoms with Crippen LogP contribution in [0.25, 0.3) is 0 Å². The summed E-state index contributed by atoms with van der Waals surface area (Å²) in [7, 11) is 2.66. The van der Waals surface area contributed by atoms with E-state index in [1.54, 1.807) is 12.1 Å². The van der Waals surface area contributed by atoms with E-state index in [1.807, 2.05) is 0 Å². The molecule has 0 saturated heterocycles. The molecule has 0 aromatic carbocycles. The third kappa shape index (κ3) is 2.77. The fraction of sp³-hybridized carbons (Fsp3) is 0.300. The van der Waals surface area contributed by atoms with E-state index in [0.29, 0.717) is 5.75 Å². The van der Waals surface area contributed by atoms with E-state index >= 15 is 0 Å². The largest absolute Gasteiger partial charge is 0.494 e. The molecule has 80 valence electrons. The van der Waals surface area contributed by atoms with Crippen molar-refractivity contribution >= 4 is 11.8 Å². The average Bonchev–Trinajstić information content (AvgIpc) is 2.28. The Hall–Kier alpha value is -1.91. The van der Waals surface area contributed by atoms with Gasteiger partial charge in [0.05, 0.1) is 14.2 Å². The molecule has 1 aromatic rings. The van der Waals surface area contributed by atoms with Crippen molar-refractivity contribution in [1.82, 2.24) is 4.98 Å². The molecule has 1 aromatic heterocycles. The van der Waals surface area contributed by atoms with Crippen molar-refractivity contribution in [2.24, 2.45) is 0 Å². The van der Waals surface area contributed by atoms with Gasteiger partial charge in [0.2, 0.25) is 0 Å². The van der Waals surface area contributed by atoms with Crippen molar-refractivity contribution in [3.63, 3.8) is 0 Å². The predicted octanol–water partition coefficient (Wildman–Crippen LogP) is 0.836. The number of ether oxygens (including phenoxy) is 2. The Balaban J connectivity index is 2.86. The van der Waals surface area contributed by atoms with Crippen LogP contribution in [0, 0.1) is 0 Å². The van der Waals surface area contributed by atoms with Gasteiger partial charge >= 0.3 is 5.97 Å². The number of nitrogens with zero attached hydrogens (tertiary/aromatic N) is 1. The first kappa shape index (κ1) is 11.2. The highest BCUT2D eigenvalue weighted by atomic mass is 16.5. The molecule has 0 aliphatic carbocycles. The Kier molecular flexibility index (Phi) is 3.79. The van der Waals surface area contributed by atoms with Gasteiger partial charge in [-0.05, 0) is 12.1 Å². The fourth-order valence-corrected chi connectivity index (χ4v) is 1.05. The molecule has 0 spiro atoms. The van der Waals surface area contributed by atoms with Crippen LogP contribution in [0.2, 0.25) is 0 Å². The summed E-state index contributed by atoms with van der Waals surface area (Å²) < 4.78 is 9.33. The summed E-state index contributed by atoms with van der Waals surface area (Å²) in [4.78, 5) is 26.3. The molecule has 15 heavy (non-hydrogen) atoms. The van der Waals surface area contributed by atoms with Crippen LogP contribution in [0.15, 0.2) is 18.3 Å². The molecular weight excluding hydrogens is 198 g/mol. The molecule has 0 radical (unpaired) electrons. The first-order valence-electron chi connectivity index (χ1n) is 4.28. The molecule has 0 fully saturated rings. The Morgan fingerprint density at radius 3 is 2.73 bits per heavy atom. The first-order valence-corrected chi connectivity index (χ1v) is 4.28. The Labute approximate surface area is 87.0 Å². The van der Waals surface area contributed by atoms with E-state index < -0.39 is 11.8 Å². The molecule has 0 aliphatic rings. The second-order valence-electron chi connectivity index (χ2n) is 2.73. The van der Waals surface area contributed by atoms with Crippen LogP contribution in [0.4, 0.5) is 0 Å². The van der Waals surface area contributed by atoms with Crippen molar-refractivity contribution in [3.8, 4) is 5.75 Å². The lowest BCUT2D eigenvalue weighted by atomic mass is 10.2. The second-order valence-corrected chi connectivity index (χ2v) is 2.73. The molecule has 5 heteroatoms. The number of pyridine rings is 1. The van der Waals surface area contributed by atoms with Gasteiger partial charge in [-0.15, -0.1) is 0 Å². The van der Waals surface area contributed by atoms with Crippen molar-refractivity contribution in [2.75, 3.05) is 14.2 Å². The van der Waals surface area contributed by atoms with Gasteiger partial charge in [0, 0.05) is 6.20 Å². The van der Waals surface area contributed by atoms with Crippen LogP contribution in [-0.4, -0.2) is 31.0 Å². The third-order valence-electron chi connectivity index (χ3n) is 1.79. The van der Waals surface area contributed by atoms with Crippen LogP contribution in [0.1, 0.15) is 16.9 Å². The molecule has 0 unspecified atom stereocenters. The van der Waals surface area contributed by atoms with E-state index in [9.17, 15) is 9.59 Å². The summed E-state index contributed by atoms with van der Waals surface area (Å²) in [6.45, 7) is 0. The predicted molar refractivity (Wildman–Crippen MR) is 51.8 cm³/mol. The highest BCUT2D eigenvalue weighted by molar-refractivity contribution is 6.06. The molecule has 0 N–H and O–H groups in total. The fourth-order valence-electron chi connectivity index (χ4n) is 1.05. The minimum absolute atomic E-state index is 0.144. The van der Waals surface area contributed by atoms with E-state index in [1.165, 1.54) is 20.4 Å². The zero-order valence-electron chi connectivity index (χ0n) is 8.52. The molecule has 0 aliphatic heterocycles. The molecule has 0 atom stereocenters. The SMILES string of the molecule is COC(=O)CC(=O)c1ncccc1OC. The summed E-state index contributed by atoms with van der Waals surface area (Å²) >= 11 is 0. The molecule has 5 nitrogen and oxygen atoms in total. The molecular formula is C10H11NO4. The monoisotopic (exact) mass is 209 g/mol. The maximum absolute atomic E-state index is 11.6. The van der Waals surface area contributed by atoms with Gasteiger partial charge in [-0.3, -0.25) is 9.59 Å². The van der Waals surface area contributed by atoms with Crippen molar-refractivity contribution in [1.29, 1.82) is 0 Å². The molecule has 0 saturated carbocycles. The Bertz CT molecular complexity index is 375. The van der Waals surface area contributed by atoms with Gasteiger partial charge in [-0.1, -0.05) is 0 Å². The summed E-state index contributed by atoms with van der Waals surface area (Å²) in [5, 5.41) is 0. The van der Waals surface area contributed by atoms with Crippen molar-refractivity contribution in [3.05, 3.63) is 24.0 Å². The zero-order chi connectivity index (χ0) is 11.3. The van der Waals surface area contributed by atoms with Gasteiger partial charge in [0.15, 0.2) is 5.78 Å². The van der Waals surface area contributed by atoms with Gasteiger partial charge in [-0.2, -0.15) is 0 Å². The quantitative estimate of drug-likeness (QED) is 0.417. The number of methoxy groups -OCH3 is 2. The summed E-state index contributed by atoms with van der Waals surface area (Å²) in [5.41, 5.74) is 0.144. The number of aromatic nitrogens is 1. The lowest BCUT2D eigenvalue weighted by Gasteiger charge is -2.04. The van der Waals surface area contributed by atoms with Crippen molar-refractivity contribution in [2.45, 2.75) is 6.42 Å². The lowest BCUT2D eigenvalue weighted by molar-refractivity contribution is -0.139. The molecule has 1 heterocycles. The van der Waals surface area contributed by atoms with Crippen LogP contribution >= 0.6 is 0 Å². The highest BCUT2D eigenvalue weighted by Gasteiger charge is 2.17. The minimum Gasteiger partial charge on any atom is -0.494 e. The molecule has 0 bridgehead atoms. The summed E-state index contributed by atoms with van der Waals surface area (Å²) in [6.07, 6.45) is 1.14. The van der Waals surface area contributed by atoms with E-state index in [4.69, 9.17) is 4.74 Å². The lowest BCUT2D eigenvalue weighted by Crippen LogP contribution is -2.11. The van der Waals surface area contributed by atoms with Crippen LogP contribution < -0.4 is 4.74 Å². The Morgan fingerprint density at radius 2 is 2.13 bits per heavy atom. The van der Waals surface area contributed by atoms with Crippen LogP contribution in [-0.2, 0) is 9.53 Å². The molecule has 0 amide bonds. The topological polar surface area (TPSA) is 65.5 Å². The maximum atomic E-state index is 11.6. The van der Waals surface area contributed by atoms with E-state index in [2.05, 4.69) is 9.72 Å². The number of hydrogen-bond donors (Lipinski definition) is 0. The summed E-state index contributed by atoms with van der Waals surface area (Å²) in [5.74, 6) is -0.654. The second kappa shape index (κ2) is 5.09. The van der Waals surface area contributed by atoms with Crippen LogP contribution in [0.3, 0.4) is 0 Å². The van der Waals surface area contributed by atoms with E-state index in [-0.39, 0.29) is 12.1 Å². The van der Waals surface area contributed by atoms with E-state index in [0.717, 1.165) is 0 Å². The minimum atomic E-state index is -0.590. The van der Waals surface area contributed by atoms with Crippen molar-refractivity contribution < 1.29 is 19.1 Å². The number of rotatable bonds is 4. The number of carbonyl (C=O) groups is 2. The third-order valence-corrected chi connectivity index (χ3v) is 1.79. The number of esters is 1. The maximum Gasteiger partial charge on any atom is 0.313 e. The van der Waals surface area contributed by atoms with Gasteiger partial charge in [-0.25, -0.2) is 4.98 Å². The number of carbonyl (C=O) groups excluding carboxylic acids is 2. The Morgan fingerprint density at radius 1 is 1.40 bits per heavy atom. The average molecular weight is 209 g/mol. The first-order chi connectivity index (χ1) is 7.19. The number of Topliss-reactive ketones (excluding diaryl/α,β-unsaturated/α-hetero) is 1. The van der Waals surface area contributed by atoms with Gasteiger partial charge < -0.3 is 9.47 Å². The number of ketones is 1. The van der Waals surface area contributed by atoms with Crippen LogP contribution in [0.5, 0.6) is 5.75 Å². The zero-order valence-corrected chi connectivity index (χ0v) is 8.52. The summed E-state index contributed by atoms with van der Waals surface area (Å²) in [6, 6.07) is 3.26. The highest BCUT2D eigenvalue weighted by Crippen LogP contribution is 2.16. The normalized spacial score (nSPS) is 9.47. The smallest absolute Gasteiger partial charge is 0.313 e.